The molecular formula is C22H27N5. The van der Waals surface area contributed by atoms with Crippen LogP contribution in [0.4, 0.5) is 17.5 Å². The lowest BCUT2D eigenvalue weighted by Gasteiger charge is -2.19. The molecule has 0 aliphatic rings. The van der Waals surface area contributed by atoms with Crippen LogP contribution >= 0.6 is 0 Å². The predicted molar refractivity (Wildman–Crippen MR) is 112 cm³/mol. The number of aryl methyl sites for hydroxylation is 2. The molecule has 5 heteroatoms. The molecule has 0 spiro atoms. The van der Waals surface area contributed by atoms with Crippen LogP contribution in [0.1, 0.15) is 30.5 Å². The van der Waals surface area contributed by atoms with Crippen molar-refractivity contribution in [2.24, 2.45) is 0 Å². The number of pyridine rings is 1. The van der Waals surface area contributed by atoms with Crippen LogP contribution in [0, 0.1) is 0 Å². The molecule has 2 aromatic heterocycles. The van der Waals surface area contributed by atoms with Gasteiger partial charge in [0.05, 0.1) is 0 Å². The maximum Gasteiger partial charge on any atom is 0.227 e. The van der Waals surface area contributed by atoms with Gasteiger partial charge in [-0.15, -0.1) is 0 Å². The summed E-state index contributed by atoms with van der Waals surface area (Å²) in [5.41, 5.74) is 5.04. The zero-order chi connectivity index (χ0) is 19.1. The average Bonchev–Trinajstić information content (AvgIpc) is 2.73. The summed E-state index contributed by atoms with van der Waals surface area (Å²) >= 11 is 0. The largest absolute Gasteiger partial charge is 0.343 e. The van der Waals surface area contributed by atoms with Crippen LogP contribution in [0.15, 0.2) is 55.0 Å². The first-order valence-electron chi connectivity index (χ1n) is 9.52. The van der Waals surface area contributed by atoms with Gasteiger partial charge in [0.15, 0.2) is 0 Å². The summed E-state index contributed by atoms with van der Waals surface area (Å²) in [5, 5.41) is 3.53. The monoisotopic (exact) mass is 361 g/mol. The van der Waals surface area contributed by atoms with Gasteiger partial charge in [-0.2, -0.15) is 4.98 Å². The summed E-state index contributed by atoms with van der Waals surface area (Å²) in [4.78, 5) is 15.3. The first-order valence-corrected chi connectivity index (χ1v) is 9.52. The van der Waals surface area contributed by atoms with Crippen molar-refractivity contribution in [1.29, 1.82) is 0 Å². The number of aromatic nitrogens is 3. The van der Waals surface area contributed by atoms with Crippen molar-refractivity contribution in [3.63, 3.8) is 0 Å². The lowest BCUT2D eigenvalue weighted by molar-refractivity contribution is 0.837. The van der Waals surface area contributed by atoms with Gasteiger partial charge in [-0.05, 0) is 54.2 Å². The maximum absolute atomic E-state index is 4.72. The molecule has 0 radical (unpaired) electrons. The molecule has 0 atom stereocenters. The Morgan fingerprint density at radius 2 is 1.63 bits per heavy atom. The van der Waals surface area contributed by atoms with Gasteiger partial charge < -0.3 is 10.2 Å². The summed E-state index contributed by atoms with van der Waals surface area (Å²) in [6.45, 7) is 5.20. The van der Waals surface area contributed by atoms with E-state index in [2.05, 4.69) is 52.2 Å². The second-order valence-corrected chi connectivity index (χ2v) is 6.55. The van der Waals surface area contributed by atoms with Gasteiger partial charge in [0.1, 0.15) is 5.82 Å². The molecule has 1 aromatic carbocycles. The lowest BCUT2D eigenvalue weighted by Crippen LogP contribution is -2.22. The summed E-state index contributed by atoms with van der Waals surface area (Å²) < 4.78 is 0. The topological polar surface area (TPSA) is 53.9 Å². The van der Waals surface area contributed by atoms with Crippen LogP contribution in [-0.4, -0.2) is 28.5 Å². The molecule has 2 heterocycles. The zero-order valence-electron chi connectivity index (χ0n) is 16.3. The van der Waals surface area contributed by atoms with E-state index in [1.54, 1.807) is 0 Å². The van der Waals surface area contributed by atoms with E-state index in [9.17, 15) is 0 Å². The van der Waals surface area contributed by atoms with Gasteiger partial charge in [-0.3, -0.25) is 4.98 Å². The van der Waals surface area contributed by atoms with Crippen LogP contribution in [0.5, 0.6) is 0 Å². The van der Waals surface area contributed by atoms with Crippen LogP contribution in [0.2, 0.25) is 0 Å². The van der Waals surface area contributed by atoms with Crippen LogP contribution in [0.25, 0.3) is 0 Å². The molecule has 1 N–H and O–H groups in total. The molecule has 0 amide bonds. The molecule has 0 saturated heterocycles. The predicted octanol–water partition coefficient (Wildman–Crippen LogP) is 4.42. The highest BCUT2D eigenvalue weighted by atomic mass is 15.2. The van der Waals surface area contributed by atoms with Crippen molar-refractivity contribution < 1.29 is 0 Å². The van der Waals surface area contributed by atoms with Crippen molar-refractivity contribution in [3.05, 3.63) is 71.7 Å². The molecule has 3 rings (SSSR count). The Morgan fingerprint density at radius 3 is 2.30 bits per heavy atom. The molecule has 0 fully saturated rings. The zero-order valence-corrected chi connectivity index (χ0v) is 16.3. The fraction of sp³-hybridized carbons (Fsp3) is 0.318. The summed E-state index contributed by atoms with van der Waals surface area (Å²) in [6.07, 6.45) is 8.37. The molecule has 0 saturated carbocycles. The second-order valence-electron chi connectivity index (χ2n) is 6.55. The van der Waals surface area contributed by atoms with Crippen LogP contribution < -0.4 is 10.2 Å². The van der Waals surface area contributed by atoms with E-state index in [4.69, 9.17) is 4.98 Å². The van der Waals surface area contributed by atoms with E-state index in [1.807, 2.05) is 43.8 Å². The van der Waals surface area contributed by atoms with E-state index >= 15 is 0 Å². The highest BCUT2D eigenvalue weighted by Gasteiger charge is 2.10. The number of likely N-dealkylation sites (N-methyl/N-ethyl adjacent to an activating group) is 1. The molecule has 3 aromatic rings. The number of rotatable bonds is 8. The van der Waals surface area contributed by atoms with Gasteiger partial charge in [-0.1, -0.05) is 32.0 Å². The molecule has 27 heavy (non-hydrogen) atoms. The van der Waals surface area contributed by atoms with E-state index in [1.165, 1.54) is 22.4 Å². The van der Waals surface area contributed by atoms with E-state index in [0.717, 1.165) is 37.6 Å². The van der Waals surface area contributed by atoms with E-state index < -0.39 is 0 Å². The molecule has 0 unspecified atom stereocenters. The second kappa shape index (κ2) is 9.12. The summed E-state index contributed by atoms with van der Waals surface area (Å²) in [6, 6.07) is 12.5. The third-order valence-corrected chi connectivity index (χ3v) is 4.72. The summed E-state index contributed by atoms with van der Waals surface area (Å²) in [5.74, 6) is 1.55. The third kappa shape index (κ3) is 4.82. The van der Waals surface area contributed by atoms with Crippen molar-refractivity contribution >= 4 is 17.5 Å². The highest BCUT2D eigenvalue weighted by molar-refractivity contribution is 5.65. The Morgan fingerprint density at radius 1 is 0.926 bits per heavy atom. The Labute approximate surface area is 161 Å². The molecular weight excluding hydrogens is 334 g/mol. The Kier molecular flexibility index (Phi) is 6.36. The highest BCUT2D eigenvalue weighted by Crippen LogP contribution is 2.26. The number of benzene rings is 1. The molecule has 5 nitrogen and oxygen atoms in total. The smallest absolute Gasteiger partial charge is 0.227 e. The minimum atomic E-state index is 0.723. The maximum atomic E-state index is 4.72. The Hall–Kier alpha value is -2.95. The third-order valence-electron chi connectivity index (χ3n) is 4.72. The Bertz CT molecular complexity index is 841. The summed E-state index contributed by atoms with van der Waals surface area (Å²) in [7, 11) is 2.03. The van der Waals surface area contributed by atoms with Gasteiger partial charge in [0.25, 0.3) is 0 Å². The fourth-order valence-electron chi connectivity index (χ4n) is 3.08. The van der Waals surface area contributed by atoms with Gasteiger partial charge >= 0.3 is 0 Å². The van der Waals surface area contributed by atoms with Gasteiger partial charge in [0, 0.05) is 37.9 Å². The standard InChI is InChI=1S/C22H27N5/c1-4-18-7-6-8-19(5-2)21(18)25-20-11-15-24-22(26-20)27(3)16-12-17-9-13-23-14-10-17/h6-11,13-15H,4-5,12,16H2,1-3H3,(H,24,25,26). The molecule has 0 aliphatic carbocycles. The van der Waals surface area contributed by atoms with Gasteiger partial charge in [-0.25, -0.2) is 4.98 Å². The minimum Gasteiger partial charge on any atom is -0.343 e. The first kappa shape index (κ1) is 18.8. The minimum absolute atomic E-state index is 0.723. The molecule has 140 valence electrons. The number of nitrogens with one attached hydrogen (secondary N) is 1. The fourth-order valence-corrected chi connectivity index (χ4v) is 3.08. The number of nitrogens with zero attached hydrogens (tertiary/aromatic N) is 4. The lowest BCUT2D eigenvalue weighted by atomic mass is 10.0. The number of anilines is 3. The van der Waals surface area contributed by atoms with Crippen molar-refractivity contribution in [3.8, 4) is 0 Å². The number of hydrogen-bond acceptors (Lipinski definition) is 5. The average molecular weight is 361 g/mol. The molecule has 0 aliphatic heterocycles. The normalized spacial score (nSPS) is 10.6. The SMILES string of the molecule is CCc1cccc(CC)c1Nc1ccnc(N(C)CCc2ccncc2)n1. The van der Waals surface area contributed by atoms with Crippen LogP contribution in [0.3, 0.4) is 0 Å². The number of hydrogen-bond donors (Lipinski definition) is 1. The first-order chi connectivity index (χ1) is 13.2. The van der Waals surface area contributed by atoms with Crippen molar-refractivity contribution in [2.45, 2.75) is 33.1 Å². The van der Waals surface area contributed by atoms with E-state index in [-0.39, 0.29) is 0 Å². The van der Waals surface area contributed by atoms with Crippen LogP contribution in [-0.2, 0) is 19.3 Å². The quantitative estimate of drug-likeness (QED) is 0.644. The Balaban J connectivity index is 1.74. The van der Waals surface area contributed by atoms with Crippen molar-refractivity contribution in [2.75, 3.05) is 23.8 Å². The molecule has 0 bridgehead atoms. The van der Waals surface area contributed by atoms with Gasteiger partial charge in [0.2, 0.25) is 5.95 Å². The number of para-hydroxylation sites is 1. The van der Waals surface area contributed by atoms with Crippen molar-refractivity contribution in [1.82, 2.24) is 15.0 Å². The van der Waals surface area contributed by atoms with E-state index in [0.29, 0.717) is 0 Å².